The van der Waals surface area contributed by atoms with Crippen molar-refractivity contribution in [3.8, 4) is 5.75 Å². The first kappa shape index (κ1) is 15.8. The first-order valence-corrected chi connectivity index (χ1v) is 6.36. The molecule has 5 heteroatoms. The molecule has 2 unspecified atom stereocenters. The molecule has 0 radical (unpaired) electrons. The minimum absolute atomic E-state index is 0. The van der Waals surface area contributed by atoms with E-state index >= 15 is 0 Å². The van der Waals surface area contributed by atoms with Gasteiger partial charge in [0.25, 0.3) is 0 Å². The van der Waals surface area contributed by atoms with Crippen LogP contribution in [0.4, 0.5) is 0 Å². The number of hydrogen-bond donors (Lipinski definition) is 2. The molecule has 0 spiro atoms. The summed E-state index contributed by atoms with van der Waals surface area (Å²) in [6.07, 6.45) is 0.921. The monoisotopic (exact) mass is 284 g/mol. The molecule has 1 saturated heterocycles. The number of ether oxygens (including phenoxy) is 1. The number of hydrogen-bond acceptors (Lipinski definition) is 3. The minimum atomic E-state index is -0.0331. The second-order valence-corrected chi connectivity index (χ2v) is 4.66. The van der Waals surface area contributed by atoms with E-state index in [2.05, 4.69) is 10.6 Å². The summed E-state index contributed by atoms with van der Waals surface area (Å²) in [4.78, 5) is 12.0. The number of halogens is 1. The third-order valence-electron chi connectivity index (χ3n) is 3.40. The lowest BCUT2D eigenvalue weighted by molar-refractivity contribution is -0.125. The zero-order chi connectivity index (χ0) is 13.0. The van der Waals surface area contributed by atoms with Crippen molar-refractivity contribution >= 4 is 18.3 Å². The van der Waals surface area contributed by atoms with Crippen LogP contribution in [-0.2, 0) is 4.79 Å². The number of methoxy groups -OCH3 is 1. The SMILES string of the molecule is COc1ccccc1C(C)NC(=O)C1CCNC1.Cl. The number of carbonyl (C=O) groups excluding carboxylic acids is 1. The topological polar surface area (TPSA) is 50.4 Å². The summed E-state index contributed by atoms with van der Waals surface area (Å²) in [5.74, 6) is 1.04. The molecule has 4 nitrogen and oxygen atoms in total. The molecule has 19 heavy (non-hydrogen) atoms. The summed E-state index contributed by atoms with van der Waals surface area (Å²) in [7, 11) is 1.65. The first-order valence-electron chi connectivity index (χ1n) is 6.36. The number of para-hydroxylation sites is 1. The third kappa shape index (κ3) is 3.85. The number of amides is 1. The Balaban J connectivity index is 0.00000180. The summed E-state index contributed by atoms with van der Waals surface area (Å²) in [5, 5.41) is 6.26. The van der Waals surface area contributed by atoms with Gasteiger partial charge in [-0.1, -0.05) is 18.2 Å². The van der Waals surface area contributed by atoms with E-state index in [1.54, 1.807) is 7.11 Å². The molecule has 106 valence electrons. The maximum absolute atomic E-state index is 12.0. The van der Waals surface area contributed by atoms with Crippen molar-refractivity contribution < 1.29 is 9.53 Å². The summed E-state index contributed by atoms with van der Waals surface area (Å²) in [6, 6.07) is 7.75. The quantitative estimate of drug-likeness (QED) is 0.888. The van der Waals surface area contributed by atoms with Gasteiger partial charge in [-0.05, 0) is 26.0 Å². The van der Waals surface area contributed by atoms with E-state index in [1.807, 2.05) is 31.2 Å². The van der Waals surface area contributed by atoms with Crippen LogP contribution in [0.5, 0.6) is 5.75 Å². The normalized spacial score (nSPS) is 19.4. The van der Waals surface area contributed by atoms with Gasteiger partial charge in [0.15, 0.2) is 0 Å². The Morgan fingerprint density at radius 2 is 2.21 bits per heavy atom. The summed E-state index contributed by atoms with van der Waals surface area (Å²) >= 11 is 0. The molecule has 0 aromatic heterocycles. The highest BCUT2D eigenvalue weighted by molar-refractivity contribution is 5.85. The van der Waals surface area contributed by atoms with Gasteiger partial charge >= 0.3 is 0 Å². The Morgan fingerprint density at radius 3 is 2.84 bits per heavy atom. The van der Waals surface area contributed by atoms with E-state index in [0.29, 0.717) is 0 Å². The molecule has 1 aromatic rings. The first-order chi connectivity index (χ1) is 8.72. The van der Waals surface area contributed by atoms with Crippen LogP contribution in [0.25, 0.3) is 0 Å². The van der Waals surface area contributed by atoms with Crippen LogP contribution in [0.15, 0.2) is 24.3 Å². The molecule has 1 aromatic carbocycles. The second-order valence-electron chi connectivity index (χ2n) is 4.66. The molecular formula is C14H21ClN2O2. The molecule has 1 fully saturated rings. The van der Waals surface area contributed by atoms with Crippen molar-refractivity contribution in [2.24, 2.45) is 5.92 Å². The number of carbonyl (C=O) groups is 1. The van der Waals surface area contributed by atoms with Gasteiger partial charge in [0.2, 0.25) is 5.91 Å². The fraction of sp³-hybridized carbons (Fsp3) is 0.500. The van der Waals surface area contributed by atoms with Gasteiger partial charge in [0, 0.05) is 12.1 Å². The second kappa shape index (κ2) is 7.36. The molecule has 2 N–H and O–H groups in total. The average Bonchev–Trinajstić information content (AvgIpc) is 2.92. The highest BCUT2D eigenvalue weighted by Crippen LogP contribution is 2.24. The summed E-state index contributed by atoms with van der Waals surface area (Å²) in [5.41, 5.74) is 1.01. The van der Waals surface area contributed by atoms with Crippen molar-refractivity contribution in [1.82, 2.24) is 10.6 Å². The Hall–Kier alpha value is -1.26. The predicted octanol–water partition coefficient (Wildman–Crippen LogP) is 1.90. The van der Waals surface area contributed by atoms with E-state index in [1.165, 1.54) is 0 Å². The van der Waals surface area contributed by atoms with Crippen LogP contribution in [-0.4, -0.2) is 26.1 Å². The summed E-state index contributed by atoms with van der Waals surface area (Å²) in [6.45, 7) is 3.70. The lowest BCUT2D eigenvalue weighted by Crippen LogP contribution is -2.33. The third-order valence-corrected chi connectivity index (χ3v) is 3.40. The van der Waals surface area contributed by atoms with Gasteiger partial charge in [-0.3, -0.25) is 4.79 Å². The lowest BCUT2D eigenvalue weighted by atomic mass is 10.0. The van der Waals surface area contributed by atoms with E-state index < -0.39 is 0 Å². The van der Waals surface area contributed by atoms with Gasteiger partial charge in [-0.2, -0.15) is 0 Å². The highest BCUT2D eigenvalue weighted by Gasteiger charge is 2.24. The fourth-order valence-electron chi connectivity index (χ4n) is 2.31. The molecule has 2 atom stereocenters. The zero-order valence-electron chi connectivity index (χ0n) is 11.3. The molecule has 1 amide bonds. The smallest absolute Gasteiger partial charge is 0.224 e. The average molecular weight is 285 g/mol. The van der Waals surface area contributed by atoms with Crippen LogP contribution in [0, 0.1) is 5.92 Å². The van der Waals surface area contributed by atoms with E-state index in [-0.39, 0.29) is 30.3 Å². The van der Waals surface area contributed by atoms with Crippen LogP contribution in [0.1, 0.15) is 24.9 Å². The molecular weight excluding hydrogens is 264 g/mol. The number of nitrogens with one attached hydrogen (secondary N) is 2. The van der Waals surface area contributed by atoms with E-state index in [4.69, 9.17) is 4.74 Å². The van der Waals surface area contributed by atoms with Crippen LogP contribution in [0.2, 0.25) is 0 Å². The largest absolute Gasteiger partial charge is 0.496 e. The van der Waals surface area contributed by atoms with Gasteiger partial charge in [-0.25, -0.2) is 0 Å². The van der Waals surface area contributed by atoms with Crippen molar-refractivity contribution in [3.05, 3.63) is 29.8 Å². The molecule has 0 aliphatic carbocycles. The van der Waals surface area contributed by atoms with Gasteiger partial charge in [0.1, 0.15) is 5.75 Å². The van der Waals surface area contributed by atoms with Crippen molar-refractivity contribution in [2.45, 2.75) is 19.4 Å². The van der Waals surface area contributed by atoms with Crippen LogP contribution in [0.3, 0.4) is 0 Å². The van der Waals surface area contributed by atoms with Crippen molar-refractivity contribution in [2.75, 3.05) is 20.2 Å². The Bertz CT molecular complexity index is 420. The van der Waals surface area contributed by atoms with Gasteiger partial charge < -0.3 is 15.4 Å². The molecule has 1 aliphatic rings. The minimum Gasteiger partial charge on any atom is -0.496 e. The highest BCUT2D eigenvalue weighted by atomic mass is 35.5. The van der Waals surface area contributed by atoms with E-state index in [0.717, 1.165) is 30.8 Å². The fourth-order valence-corrected chi connectivity index (χ4v) is 2.31. The molecule has 1 heterocycles. The van der Waals surface area contributed by atoms with Crippen LogP contribution >= 0.6 is 12.4 Å². The predicted molar refractivity (Wildman–Crippen MR) is 77.8 cm³/mol. The Labute approximate surface area is 120 Å². The van der Waals surface area contributed by atoms with Gasteiger partial charge in [-0.15, -0.1) is 12.4 Å². The standard InChI is InChI=1S/C14H20N2O2.ClH/c1-10(12-5-3-4-6-13(12)18-2)16-14(17)11-7-8-15-9-11;/h3-6,10-11,15H,7-9H2,1-2H3,(H,16,17);1H. The van der Waals surface area contributed by atoms with Crippen molar-refractivity contribution in [3.63, 3.8) is 0 Å². The molecule has 0 saturated carbocycles. The Kier molecular flexibility index (Phi) is 6.12. The molecule has 2 rings (SSSR count). The number of rotatable bonds is 4. The maximum Gasteiger partial charge on any atom is 0.224 e. The van der Waals surface area contributed by atoms with Crippen molar-refractivity contribution in [1.29, 1.82) is 0 Å². The summed E-state index contributed by atoms with van der Waals surface area (Å²) < 4.78 is 5.31. The zero-order valence-corrected chi connectivity index (χ0v) is 12.1. The number of benzene rings is 1. The van der Waals surface area contributed by atoms with Gasteiger partial charge in [0.05, 0.1) is 19.1 Å². The Morgan fingerprint density at radius 1 is 1.47 bits per heavy atom. The van der Waals surface area contributed by atoms with E-state index in [9.17, 15) is 4.79 Å². The lowest BCUT2D eigenvalue weighted by Gasteiger charge is -2.19. The molecule has 1 aliphatic heterocycles. The molecule has 0 bridgehead atoms. The van der Waals surface area contributed by atoms with Crippen LogP contribution < -0.4 is 15.4 Å². The maximum atomic E-state index is 12.0.